The van der Waals surface area contributed by atoms with Gasteiger partial charge in [0.25, 0.3) is 0 Å². The van der Waals surface area contributed by atoms with Crippen molar-refractivity contribution in [1.29, 1.82) is 0 Å². The van der Waals surface area contributed by atoms with Crippen LogP contribution in [0.25, 0.3) is 0 Å². The molecule has 2 nitrogen and oxygen atoms in total. The van der Waals surface area contributed by atoms with E-state index in [-0.39, 0.29) is 11.9 Å². The molecule has 0 fully saturated rings. The Bertz CT molecular complexity index is 460. The standard InChI is InChI=1S/C18H24O2/c1-6-9-10-12-16(8-3)18(19)17(11-7-2)14-13-15(4)20-5/h6-15H,2H2,1,3-5H3/b9-6-,12-10-,14-13-,16-8+,17-11+. The summed E-state index contributed by atoms with van der Waals surface area (Å²) in [6, 6.07) is 0. The molecule has 0 aliphatic heterocycles. The Morgan fingerprint density at radius 2 is 1.85 bits per heavy atom. The molecule has 108 valence electrons. The summed E-state index contributed by atoms with van der Waals surface area (Å²) < 4.78 is 5.14. The van der Waals surface area contributed by atoms with Gasteiger partial charge < -0.3 is 4.74 Å². The third-order valence-electron chi connectivity index (χ3n) is 2.63. The number of Topliss-reactive ketones (excluding diaryl/α,β-unsaturated/α-hetero) is 1. The van der Waals surface area contributed by atoms with E-state index in [1.807, 2.05) is 45.1 Å². The fraction of sp³-hybridized carbons (Fsp3) is 0.278. The molecule has 0 saturated carbocycles. The molecule has 0 spiro atoms. The minimum absolute atomic E-state index is 0.0345. The molecule has 0 aliphatic carbocycles. The predicted molar refractivity (Wildman–Crippen MR) is 86.6 cm³/mol. The zero-order valence-corrected chi connectivity index (χ0v) is 12.8. The fourth-order valence-electron chi connectivity index (χ4n) is 1.39. The molecule has 20 heavy (non-hydrogen) atoms. The summed E-state index contributed by atoms with van der Waals surface area (Å²) in [5.74, 6) is -0.0345. The van der Waals surface area contributed by atoms with Gasteiger partial charge in [-0.2, -0.15) is 0 Å². The Balaban J connectivity index is 5.20. The van der Waals surface area contributed by atoms with Crippen LogP contribution in [0.1, 0.15) is 20.8 Å². The monoisotopic (exact) mass is 272 g/mol. The molecule has 0 heterocycles. The van der Waals surface area contributed by atoms with Gasteiger partial charge in [0, 0.05) is 18.3 Å². The first-order valence-electron chi connectivity index (χ1n) is 6.64. The Morgan fingerprint density at radius 1 is 1.15 bits per heavy atom. The van der Waals surface area contributed by atoms with Crippen molar-refractivity contribution in [2.24, 2.45) is 0 Å². The third kappa shape index (κ3) is 6.86. The largest absolute Gasteiger partial charge is 0.378 e. The average molecular weight is 272 g/mol. The lowest BCUT2D eigenvalue weighted by atomic mass is 10.0. The lowest BCUT2D eigenvalue weighted by Gasteiger charge is -2.05. The van der Waals surface area contributed by atoms with Crippen molar-refractivity contribution >= 4 is 5.78 Å². The van der Waals surface area contributed by atoms with Gasteiger partial charge >= 0.3 is 0 Å². The number of allylic oxidation sites excluding steroid dienone is 10. The van der Waals surface area contributed by atoms with Crippen LogP contribution in [0, 0.1) is 0 Å². The number of ether oxygens (including phenoxy) is 1. The third-order valence-corrected chi connectivity index (χ3v) is 2.63. The Kier molecular flexibility index (Phi) is 9.89. The molecule has 1 unspecified atom stereocenters. The molecule has 0 saturated heterocycles. The van der Waals surface area contributed by atoms with Crippen LogP contribution in [0.4, 0.5) is 0 Å². The van der Waals surface area contributed by atoms with E-state index in [4.69, 9.17) is 4.74 Å². The minimum atomic E-state index is -0.0383. The quantitative estimate of drug-likeness (QED) is 0.485. The van der Waals surface area contributed by atoms with Crippen LogP contribution in [0.3, 0.4) is 0 Å². The van der Waals surface area contributed by atoms with Crippen molar-refractivity contribution in [3.05, 3.63) is 72.4 Å². The molecule has 2 heteroatoms. The molecule has 0 amide bonds. The van der Waals surface area contributed by atoms with Crippen LogP contribution in [-0.2, 0) is 9.53 Å². The summed E-state index contributed by atoms with van der Waals surface area (Å²) in [6.07, 6.45) is 16.1. The highest BCUT2D eigenvalue weighted by molar-refractivity contribution is 6.12. The van der Waals surface area contributed by atoms with Gasteiger partial charge in [0.15, 0.2) is 5.78 Å². The normalized spacial score (nSPS) is 15.4. The van der Waals surface area contributed by atoms with Crippen molar-refractivity contribution < 1.29 is 9.53 Å². The summed E-state index contributed by atoms with van der Waals surface area (Å²) in [4.78, 5) is 12.4. The first kappa shape index (κ1) is 18.1. The number of carbonyl (C=O) groups is 1. The SMILES string of the molecule is C=C/C=C(\C=C/C(C)OC)C(=O)C(/C=C\C=C/C)=C/C. The summed E-state index contributed by atoms with van der Waals surface area (Å²) >= 11 is 0. The Labute approximate surface area is 122 Å². The Morgan fingerprint density at radius 3 is 2.35 bits per heavy atom. The molecule has 0 aromatic heterocycles. The van der Waals surface area contributed by atoms with Gasteiger partial charge in [0.1, 0.15) is 0 Å². The second-order valence-corrected chi connectivity index (χ2v) is 4.12. The number of ketones is 1. The Hall–Kier alpha value is -1.93. The highest BCUT2D eigenvalue weighted by Crippen LogP contribution is 2.11. The van der Waals surface area contributed by atoms with Crippen molar-refractivity contribution in [2.45, 2.75) is 26.9 Å². The van der Waals surface area contributed by atoms with Crippen molar-refractivity contribution in [3.8, 4) is 0 Å². The van der Waals surface area contributed by atoms with Crippen LogP contribution >= 0.6 is 0 Å². The van der Waals surface area contributed by atoms with E-state index in [1.54, 1.807) is 37.5 Å². The van der Waals surface area contributed by atoms with Gasteiger partial charge in [-0.15, -0.1) is 0 Å². The van der Waals surface area contributed by atoms with Crippen LogP contribution in [0.5, 0.6) is 0 Å². The topological polar surface area (TPSA) is 26.3 Å². The van der Waals surface area contributed by atoms with Crippen molar-refractivity contribution in [3.63, 3.8) is 0 Å². The van der Waals surface area contributed by atoms with Crippen LogP contribution in [0.2, 0.25) is 0 Å². The molecule has 0 aromatic carbocycles. The van der Waals surface area contributed by atoms with E-state index in [0.717, 1.165) is 0 Å². The second kappa shape index (κ2) is 10.9. The molecular weight excluding hydrogens is 248 g/mol. The highest BCUT2D eigenvalue weighted by Gasteiger charge is 2.09. The first-order valence-corrected chi connectivity index (χ1v) is 6.64. The van der Waals surface area contributed by atoms with Crippen LogP contribution in [-0.4, -0.2) is 19.0 Å². The predicted octanol–water partition coefficient (Wildman–Crippen LogP) is 4.34. The molecule has 0 bridgehead atoms. The maximum Gasteiger partial charge on any atom is 0.192 e. The average Bonchev–Trinajstić information content (AvgIpc) is 2.47. The summed E-state index contributed by atoms with van der Waals surface area (Å²) in [5.41, 5.74) is 1.23. The van der Waals surface area contributed by atoms with Crippen molar-refractivity contribution in [2.75, 3.05) is 7.11 Å². The number of carbonyl (C=O) groups excluding carboxylic acids is 1. The van der Waals surface area contributed by atoms with Gasteiger partial charge in [-0.25, -0.2) is 0 Å². The van der Waals surface area contributed by atoms with Gasteiger partial charge in [0.05, 0.1) is 6.10 Å². The van der Waals surface area contributed by atoms with Gasteiger partial charge in [-0.3, -0.25) is 4.79 Å². The zero-order chi connectivity index (χ0) is 15.4. The molecule has 0 aliphatic rings. The lowest BCUT2D eigenvalue weighted by molar-refractivity contribution is -0.111. The molecule has 1 atom stereocenters. The molecule has 0 aromatic rings. The van der Waals surface area contributed by atoms with E-state index >= 15 is 0 Å². The molecule has 0 rings (SSSR count). The number of rotatable bonds is 8. The van der Waals surface area contributed by atoms with Crippen molar-refractivity contribution in [1.82, 2.24) is 0 Å². The summed E-state index contributed by atoms with van der Waals surface area (Å²) in [6.45, 7) is 9.34. The number of hydrogen-bond acceptors (Lipinski definition) is 2. The van der Waals surface area contributed by atoms with E-state index in [9.17, 15) is 4.79 Å². The summed E-state index contributed by atoms with van der Waals surface area (Å²) in [7, 11) is 1.63. The summed E-state index contributed by atoms with van der Waals surface area (Å²) in [5, 5.41) is 0. The molecule has 0 radical (unpaired) electrons. The maximum absolute atomic E-state index is 12.4. The molecule has 0 N–H and O–H groups in total. The zero-order valence-electron chi connectivity index (χ0n) is 12.8. The number of methoxy groups -OCH3 is 1. The highest BCUT2D eigenvalue weighted by atomic mass is 16.5. The van der Waals surface area contributed by atoms with Gasteiger partial charge in [-0.05, 0) is 20.8 Å². The van der Waals surface area contributed by atoms with Crippen LogP contribution in [0.15, 0.2) is 72.4 Å². The smallest absolute Gasteiger partial charge is 0.192 e. The van der Waals surface area contributed by atoms with Gasteiger partial charge in [-0.1, -0.05) is 61.3 Å². The second-order valence-electron chi connectivity index (χ2n) is 4.12. The van der Waals surface area contributed by atoms with E-state index < -0.39 is 0 Å². The van der Waals surface area contributed by atoms with E-state index in [0.29, 0.717) is 11.1 Å². The molecular formula is C18H24O2. The minimum Gasteiger partial charge on any atom is -0.378 e. The lowest BCUT2D eigenvalue weighted by Crippen LogP contribution is -2.05. The van der Waals surface area contributed by atoms with E-state index in [1.165, 1.54) is 0 Å². The van der Waals surface area contributed by atoms with Gasteiger partial charge in [0.2, 0.25) is 0 Å². The first-order chi connectivity index (χ1) is 9.60. The fourth-order valence-corrected chi connectivity index (χ4v) is 1.39. The number of hydrogen-bond donors (Lipinski definition) is 0. The van der Waals surface area contributed by atoms with E-state index in [2.05, 4.69) is 6.58 Å². The maximum atomic E-state index is 12.4. The van der Waals surface area contributed by atoms with Crippen LogP contribution < -0.4 is 0 Å².